The van der Waals surface area contributed by atoms with E-state index in [0.717, 1.165) is 29.5 Å². The number of hydrogen-bond acceptors (Lipinski definition) is 5. The molecule has 0 spiro atoms. The van der Waals surface area contributed by atoms with Crippen LogP contribution < -0.4 is 4.74 Å². The fraction of sp³-hybridized carbons (Fsp3) is 0.429. The molecule has 0 fully saturated rings. The number of nitrogens with zero attached hydrogens (tertiary/aromatic N) is 3. The summed E-state index contributed by atoms with van der Waals surface area (Å²) in [7, 11) is 4.15. The molecule has 0 aliphatic rings. The van der Waals surface area contributed by atoms with Crippen LogP contribution in [-0.4, -0.2) is 42.3 Å². The Bertz CT molecular complexity index is 482. The fourth-order valence-corrected chi connectivity index (χ4v) is 2.47. The molecule has 1 aromatic heterocycles. The molecule has 1 unspecified atom stereocenters. The number of aromatic nitrogens is 2. The van der Waals surface area contributed by atoms with Gasteiger partial charge in [0.15, 0.2) is 0 Å². The largest absolute Gasteiger partial charge is 0.493 e. The average molecular weight is 277 g/mol. The van der Waals surface area contributed by atoms with Crippen LogP contribution in [0.2, 0.25) is 0 Å². The van der Waals surface area contributed by atoms with Crippen LogP contribution in [0.25, 0.3) is 10.6 Å². The highest BCUT2D eigenvalue weighted by Gasteiger charge is 2.05. The van der Waals surface area contributed by atoms with Gasteiger partial charge in [0.05, 0.1) is 6.61 Å². The molecule has 5 heteroatoms. The van der Waals surface area contributed by atoms with E-state index in [1.54, 1.807) is 5.51 Å². The molecule has 0 N–H and O–H groups in total. The van der Waals surface area contributed by atoms with Crippen molar-refractivity contribution in [2.75, 3.05) is 27.2 Å². The third-order valence-corrected chi connectivity index (χ3v) is 3.41. The molecule has 0 amide bonds. The zero-order valence-corrected chi connectivity index (χ0v) is 12.4. The normalized spacial score (nSPS) is 12.6. The zero-order valence-electron chi connectivity index (χ0n) is 11.5. The minimum atomic E-state index is 0.512. The van der Waals surface area contributed by atoms with Crippen molar-refractivity contribution < 1.29 is 4.74 Å². The molecule has 0 saturated heterocycles. The van der Waals surface area contributed by atoms with Gasteiger partial charge in [0, 0.05) is 18.0 Å². The van der Waals surface area contributed by atoms with E-state index >= 15 is 0 Å². The van der Waals surface area contributed by atoms with E-state index in [9.17, 15) is 0 Å². The van der Waals surface area contributed by atoms with E-state index in [-0.39, 0.29) is 0 Å². The molecule has 2 rings (SSSR count). The molecule has 0 bridgehead atoms. The lowest BCUT2D eigenvalue weighted by atomic mass is 10.2. The van der Waals surface area contributed by atoms with Crippen LogP contribution in [0.3, 0.4) is 0 Å². The maximum absolute atomic E-state index is 5.78. The van der Waals surface area contributed by atoms with Gasteiger partial charge in [-0.05, 0) is 38.4 Å². The summed E-state index contributed by atoms with van der Waals surface area (Å²) < 4.78 is 5.78. The van der Waals surface area contributed by atoms with Crippen LogP contribution in [0.15, 0.2) is 29.8 Å². The molecule has 1 heterocycles. The molecule has 1 atom stereocenters. The third-order valence-electron chi connectivity index (χ3n) is 2.67. The van der Waals surface area contributed by atoms with E-state index in [1.807, 2.05) is 24.3 Å². The predicted octanol–water partition coefficient (Wildman–Crippen LogP) is 2.78. The van der Waals surface area contributed by atoms with Gasteiger partial charge in [-0.2, -0.15) is 0 Å². The number of ether oxygens (including phenoxy) is 1. The van der Waals surface area contributed by atoms with E-state index in [2.05, 4.69) is 36.1 Å². The number of benzene rings is 1. The molecule has 1 aromatic carbocycles. The van der Waals surface area contributed by atoms with Crippen LogP contribution in [0, 0.1) is 5.92 Å². The summed E-state index contributed by atoms with van der Waals surface area (Å²) >= 11 is 1.54. The van der Waals surface area contributed by atoms with E-state index in [0.29, 0.717) is 5.92 Å². The van der Waals surface area contributed by atoms with Gasteiger partial charge in [0.25, 0.3) is 0 Å². The molecule has 102 valence electrons. The second kappa shape index (κ2) is 6.63. The first-order valence-electron chi connectivity index (χ1n) is 6.29. The molecule has 2 aromatic rings. The van der Waals surface area contributed by atoms with Crippen LogP contribution in [0.4, 0.5) is 0 Å². The Morgan fingerprint density at radius 3 is 2.58 bits per heavy atom. The lowest BCUT2D eigenvalue weighted by molar-refractivity contribution is 0.222. The van der Waals surface area contributed by atoms with Crippen molar-refractivity contribution in [3.8, 4) is 16.3 Å². The second-order valence-corrected chi connectivity index (χ2v) is 5.78. The van der Waals surface area contributed by atoms with Crippen molar-refractivity contribution in [1.82, 2.24) is 15.1 Å². The first kappa shape index (κ1) is 14.0. The van der Waals surface area contributed by atoms with Crippen molar-refractivity contribution in [2.24, 2.45) is 5.92 Å². The minimum absolute atomic E-state index is 0.512. The molecule has 0 radical (unpaired) electrons. The topological polar surface area (TPSA) is 38.3 Å². The zero-order chi connectivity index (χ0) is 13.7. The van der Waals surface area contributed by atoms with Gasteiger partial charge in [0.2, 0.25) is 0 Å². The minimum Gasteiger partial charge on any atom is -0.493 e. The highest BCUT2D eigenvalue weighted by atomic mass is 32.1. The predicted molar refractivity (Wildman–Crippen MR) is 78.6 cm³/mol. The summed E-state index contributed by atoms with van der Waals surface area (Å²) in [5.41, 5.74) is 2.82. The van der Waals surface area contributed by atoms with Crippen LogP contribution >= 0.6 is 11.3 Å². The molecule has 0 aliphatic heterocycles. The summed E-state index contributed by atoms with van der Waals surface area (Å²) in [4.78, 5) is 2.17. The smallest absolute Gasteiger partial charge is 0.147 e. The Hall–Kier alpha value is -1.46. The Morgan fingerprint density at radius 1 is 1.26 bits per heavy atom. The molecular formula is C14H19N3OS. The first-order chi connectivity index (χ1) is 9.15. The third kappa shape index (κ3) is 4.29. The van der Waals surface area contributed by atoms with Gasteiger partial charge in [0.1, 0.15) is 16.3 Å². The van der Waals surface area contributed by atoms with Gasteiger partial charge >= 0.3 is 0 Å². The quantitative estimate of drug-likeness (QED) is 0.814. The summed E-state index contributed by atoms with van der Waals surface area (Å²) in [5.74, 6) is 1.41. The summed E-state index contributed by atoms with van der Waals surface area (Å²) in [6.45, 7) is 3.95. The van der Waals surface area contributed by atoms with Crippen molar-refractivity contribution in [3.05, 3.63) is 29.8 Å². The Kier molecular flexibility index (Phi) is 4.87. The maximum Gasteiger partial charge on any atom is 0.147 e. The van der Waals surface area contributed by atoms with Gasteiger partial charge in [-0.1, -0.05) is 18.3 Å². The highest BCUT2D eigenvalue weighted by Crippen LogP contribution is 2.23. The van der Waals surface area contributed by atoms with E-state index in [1.165, 1.54) is 11.3 Å². The standard InChI is InChI=1S/C14H19N3OS/c1-11(8-17(2)3)9-18-13-6-4-12(5-7-13)14-16-15-10-19-14/h4-7,10-11H,8-9H2,1-3H3. The van der Waals surface area contributed by atoms with Crippen molar-refractivity contribution in [1.29, 1.82) is 0 Å². The van der Waals surface area contributed by atoms with Crippen molar-refractivity contribution >= 4 is 11.3 Å². The summed E-state index contributed by atoms with van der Waals surface area (Å²) in [6.07, 6.45) is 0. The van der Waals surface area contributed by atoms with E-state index in [4.69, 9.17) is 4.74 Å². The monoisotopic (exact) mass is 277 g/mol. The first-order valence-corrected chi connectivity index (χ1v) is 7.17. The number of rotatable bonds is 6. The average Bonchev–Trinajstić information content (AvgIpc) is 2.90. The molecule has 0 aliphatic carbocycles. The molecule has 4 nitrogen and oxygen atoms in total. The Balaban J connectivity index is 1.89. The molecule has 0 saturated carbocycles. The van der Waals surface area contributed by atoms with Crippen molar-refractivity contribution in [2.45, 2.75) is 6.92 Å². The van der Waals surface area contributed by atoms with Crippen LogP contribution in [0.1, 0.15) is 6.92 Å². The Morgan fingerprint density at radius 2 is 2.00 bits per heavy atom. The lowest BCUT2D eigenvalue weighted by Gasteiger charge is -2.17. The second-order valence-electron chi connectivity index (χ2n) is 4.95. The fourth-order valence-electron chi connectivity index (χ4n) is 1.91. The summed E-state index contributed by atoms with van der Waals surface area (Å²) in [6, 6.07) is 8.01. The van der Waals surface area contributed by atoms with E-state index < -0.39 is 0 Å². The molecule has 19 heavy (non-hydrogen) atoms. The van der Waals surface area contributed by atoms with Gasteiger partial charge < -0.3 is 9.64 Å². The SMILES string of the molecule is CC(COc1ccc(-c2nncs2)cc1)CN(C)C. The van der Waals surface area contributed by atoms with Crippen LogP contribution in [-0.2, 0) is 0 Å². The number of hydrogen-bond donors (Lipinski definition) is 0. The highest BCUT2D eigenvalue weighted by molar-refractivity contribution is 7.12. The maximum atomic E-state index is 5.78. The summed E-state index contributed by atoms with van der Waals surface area (Å²) in [5, 5.41) is 8.82. The van der Waals surface area contributed by atoms with Gasteiger partial charge in [-0.15, -0.1) is 10.2 Å². The Labute approximate surface area is 118 Å². The van der Waals surface area contributed by atoms with Gasteiger partial charge in [-0.25, -0.2) is 0 Å². The lowest BCUT2D eigenvalue weighted by Crippen LogP contribution is -2.24. The van der Waals surface area contributed by atoms with Crippen LogP contribution in [0.5, 0.6) is 5.75 Å². The van der Waals surface area contributed by atoms with Crippen molar-refractivity contribution in [3.63, 3.8) is 0 Å². The molecular weight excluding hydrogens is 258 g/mol. The van der Waals surface area contributed by atoms with Gasteiger partial charge in [-0.3, -0.25) is 0 Å².